The highest BCUT2D eigenvalue weighted by molar-refractivity contribution is 5.84. The zero-order valence-corrected chi connectivity index (χ0v) is 11.4. The second-order valence-electron chi connectivity index (χ2n) is 5.40. The Hall–Kier alpha value is -1.10. The lowest BCUT2D eigenvalue weighted by molar-refractivity contribution is -0.131. The molecule has 2 unspecified atom stereocenters. The van der Waals surface area contributed by atoms with E-state index >= 15 is 0 Å². The van der Waals surface area contributed by atoms with Crippen LogP contribution in [0.25, 0.3) is 0 Å². The first-order chi connectivity index (χ1) is 8.49. The van der Waals surface area contributed by atoms with Crippen molar-refractivity contribution in [3.8, 4) is 0 Å². The van der Waals surface area contributed by atoms with Gasteiger partial charge in [-0.25, -0.2) is 0 Å². The van der Waals surface area contributed by atoms with Gasteiger partial charge in [0.05, 0.1) is 6.54 Å². The van der Waals surface area contributed by atoms with E-state index in [1.54, 1.807) is 14.1 Å². The summed E-state index contributed by atoms with van der Waals surface area (Å²) in [6.07, 6.45) is 5.88. The Bertz CT molecular complexity index is 292. The van der Waals surface area contributed by atoms with E-state index in [0.717, 1.165) is 19.3 Å². The summed E-state index contributed by atoms with van der Waals surface area (Å²) in [7, 11) is 3.36. The van der Waals surface area contributed by atoms with Crippen molar-refractivity contribution < 1.29 is 9.59 Å². The molecule has 104 valence electrons. The monoisotopic (exact) mass is 255 g/mol. The van der Waals surface area contributed by atoms with Crippen LogP contribution >= 0.6 is 0 Å². The molecule has 3 N–H and O–H groups in total. The largest absolute Gasteiger partial charge is 0.347 e. The summed E-state index contributed by atoms with van der Waals surface area (Å²) in [5.74, 6) is 0.455. The third-order valence-electron chi connectivity index (χ3n) is 3.54. The van der Waals surface area contributed by atoms with E-state index < -0.39 is 0 Å². The predicted octanol–water partition coefficient (Wildman–Crippen LogP) is 0.489. The average molecular weight is 255 g/mol. The summed E-state index contributed by atoms with van der Waals surface area (Å²) >= 11 is 0. The Kier molecular flexibility index (Phi) is 6.12. The molecule has 1 saturated carbocycles. The zero-order valence-electron chi connectivity index (χ0n) is 11.4. The number of hydrogen-bond donors (Lipinski definition) is 2. The number of carbonyl (C=O) groups is 2. The van der Waals surface area contributed by atoms with E-state index in [4.69, 9.17) is 5.73 Å². The molecule has 0 aliphatic heterocycles. The molecule has 0 bridgehead atoms. The van der Waals surface area contributed by atoms with Gasteiger partial charge in [-0.3, -0.25) is 9.59 Å². The van der Waals surface area contributed by atoms with Crippen molar-refractivity contribution in [2.24, 2.45) is 11.7 Å². The molecule has 0 aromatic carbocycles. The van der Waals surface area contributed by atoms with Gasteiger partial charge in [0.1, 0.15) is 0 Å². The Morgan fingerprint density at radius 3 is 2.67 bits per heavy atom. The quantitative estimate of drug-likeness (QED) is 0.750. The number of likely N-dealkylation sites (N-methyl/N-ethyl adjacent to an activating group) is 1. The second kappa shape index (κ2) is 7.36. The highest BCUT2D eigenvalue weighted by Gasteiger charge is 2.19. The molecule has 5 nitrogen and oxygen atoms in total. The maximum absolute atomic E-state index is 11.6. The van der Waals surface area contributed by atoms with Crippen LogP contribution < -0.4 is 11.1 Å². The van der Waals surface area contributed by atoms with Crippen LogP contribution in [0.4, 0.5) is 0 Å². The summed E-state index contributed by atoms with van der Waals surface area (Å²) in [6, 6.07) is 0.308. The molecule has 1 rings (SSSR count). The van der Waals surface area contributed by atoms with Crippen molar-refractivity contribution in [3.05, 3.63) is 0 Å². The molecular formula is C13H25N3O2. The standard InChI is InChI=1S/C13H25N3O2/c1-16(2)13(18)9-15-12(17)7-6-10-4-3-5-11(14)8-10/h10-11H,3-9,14H2,1-2H3,(H,15,17). The fourth-order valence-corrected chi connectivity index (χ4v) is 2.35. The summed E-state index contributed by atoms with van der Waals surface area (Å²) in [5, 5.41) is 2.65. The maximum atomic E-state index is 11.6. The molecule has 18 heavy (non-hydrogen) atoms. The predicted molar refractivity (Wildman–Crippen MR) is 70.9 cm³/mol. The molecule has 0 aromatic heterocycles. The van der Waals surface area contributed by atoms with Crippen molar-refractivity contribution in [1.29, 1.82) is 0 Å². The number of amides is 2. The van der Waals surface area contributed by atoms with Crippen LogP contribution in [0, 0.1) is 5.92 Å². The second-order valence-corrected chi connectivity index (χ2v) is 5.40. The molecule has 1 fully saturated rings. The Balaban J connectivity index is 2.15. The molecular weight excluding hydrogens is 230 g/mol. The van der Waals surface area contributed by atoms with Crippen LogP contribution in [0.3, 0.4) is 0 Å². The van der Waals surface area contributed by atoms with Gasteiger partial charge in [0.25, 0.3) is 0 Å². The van der Waals surface area contributed by atoms with Crippen LogP contribution in [0.15, 0.2) is 0 Å². The van der Waals surface area contributed by atoms with Gasteiger partial charge in [-0.1, -0.05) is 12.8 Å². The summed E-state index contributed by atoms with van der Waals surface area (Å²) < 4.78 is 0. The number of rotatable bonds is 5. The smallest absolute Gasteiger partial charge is 0.241 e. The molecule has 1 aliphatic carbocycles. The third-order valence-corrected chi connectivity index (χ3v) is 3.54. The third kappa shape index (κ3) is 5.49. The minimum absolute atomic E-state index is 0.0376. The maximum Gasteiger partial charge on any atom is 0.241 e. The van der Waals surface area contributed by atoms with Crippen LogP contribution in [-0.4, -0.2) is 43.4 Å². The topological polar surface area (TPSA) is 75.4 Å². The number of nitrogens with two attached hydrogens (primary N) is 1. The first kappa shape index (κ1) is 15.0. The van der Waals surface area contributed by atoms with Gasteiger partial charge in [-0.15, -0.1) is 0 Å². The van der Waals surface area contributed by atoms with Gasteiger partial charge in [0.15, 0.2) is 0 Å². The van der Waals surface area contributed by atoms with Crippen LogP contribution in [0.5, 0.6) is 0 Å². The lowest BCUT2D eigenvalue weighted by atomic mass is 9.83. The summed E-state index contributed by atoms with van der Waals surface area (Å²) in [5.41, 5.74) is 5.91. The fourth-order valence-electron chi connectivity index (χ4n) is 2.35. The molecule has 2 atom stereocenters. The normalized spacial score (nSPS) is 23.5. The van der Waals surface area contributed by atoms with E-state index in [1.165, 1.54) is 17.7 Å². The highest BCUT2D eigenvalue weighted by Crippen LogP contribution is 2.26. The van der Waals surface area contributed by atoms with Crippen LogP contribution in [0.2, 0.25) is 0 Å². The van der Waals surface area contributed by atoms with Gasteiger partial charge in [-0.2, -0.15) is 0 Å². The Morgan fingerprint density at radius 2 is 2.06 bits per heavy atom. The minimum Gasteiger partial charge on any atom is -0.347 e. The minimum atomic E-state index is -0.0805. The number of nitrogens with one attached hydrogen (secondary N) is 1. The first-order valence-corrected chi connectivity index (χ1v) is 6.71. The molecule has 0 heterocycles. The molecule has 0 spiro atoms. The van der Waals surface area contributed by atoms with Gasteiger partial charge in [0, 0.05) is 26.6 Å². The highest BCUT2D eigenvalue weighted by atomic mass is 16.2. The van der Waals surface area contributed by atoms with Crippen LogP contribution in [0.1, 0.15) is 38.5 Å². The lowest BCUT2D eigenvalue weighted by Crippen LogP contribution is -2.36. The SMILES string of the molecule is CN(C)C(=O)CNC(=O)CCC1CCCC(N)C1. The number of carbonyl (C=O) groups excluding carboxylic acids is 2. The zero-order chi connectivity index (χ0) is 13.5. The summed E-state index contributed by atoms with van der Waals surface area (Å²) in [6.45, 7) is 0.0933. The van der Waals surface area contributed by atoms with E-state index in [1.807, 2.05) is 0 Å². The van der Waals surface area contributed by atoms with Gasteiger partial charge >= 0.3 is 0 Å². The van der Waals surface area contributed by atoms with Crippen molar-refractivity contribution in [1.82, 2.24) is 10.2 Å². The molecule has 0 saturated heterocycles. The van der Waals surface area contributed by atoms with Crippen molar-refractivity contribution >= 4 is 11.8 Å². The van der Waals surface area contributed by atoms with E-state index in [9.17, 15) is 9.59 Å². The Morgan fingerprint density at radius 1 is 1.33 bits per heavy atom. The van der Waals surface area contributed by atoms with Crippen molar-refractivity contribution in [2.75, 3.05) is 20.6 Å². The van der Waals surface area contributed by atoms with Gasteiger partial charge in [-0.05, 0) is 25.2 Å². The van der Waals surface area contributed by atoms with Gasteiger partial charge < -0.3 is 16.0 Å². The molecule has 2 amide bonds. The number of hydrogen-bond acceptors (Lipinski definition) is 3. The molecule has 1 aliphatic rings. The Labute approximate surface area is 109 Å². The van der Waals surface area contributed by atoms with E-state index in [0.29, 0.717) is 18.4 Å². The number of nitrogens with zero attached hydrogens (tertiary/aromatic N) is 1. The first-order valence-electron chi connectivity index (χ1n) is 6.71. The fraction of sp³-hybridized carbons (Fsp3) is 0.846. The molecule has 0 aromatic rings. The van der Waals surface area contributed by atoms with E-state index in [2.05, 4.69) is 5.32 Å². The average Bonchev–Trinajstić information content (AvgIpc) is 2.33. The molecule has 0 radical (unpaired) electrons. The van der Waals surface area contributed by atoms with Crippen LogP contribution in [-0.2, 0) is 9.59 Å². The van der Waals surface area contributed by atoms with Crippen molar-refractivity contribution in [3.63, 3.8) is 0 Å². The lowest BCUT2D eigenvalue weighted by Gasteiger charge is -2.26. The van der Waals surface area contributed by atoms with Gasteiger partial charge in [0.2, 0.25) is 11.8 Å². The molecule has 5 heteroatoms. The van der Waals surface area contributed by atoms with Crippen molar-refractivity contribution in [2.45, 2.75) is 44.6 Å². The summed E-state index contributed by atoms with van der Waals surface area (Å²) in [4.78, 5) is 24.3. The van der Waals surface area contributed by atoms with E-state index in [-0.39, 0.29) is 18.4 Å².